The van der Waals surface area contributed by atoms with Gasteiger partial charge in [-0.15, -0.1) is 11.8 Å². The van der Waals surface area contributed by atoms with Crippen molar-refractivity contribution in [1.29, 1.82) is 0 Å². The number of halogens is 1. The normalized spacial score (nSPS) is 10.6. The predicted molar refractivity (Wildman–Crippen MR) is 95.7 cm³/mol. The van der Waals surface area contributed by atoms with Crippen LogP contribution >= 0.6 is 23.4 Å². The topological polar surface area (TPSA) is 67.8 Å². The first-order chi connectivity index (χ1) is 11.6. The highest BCUT2D eigenvalue weighted by Crippen LogP contribution is 2.19. The van der Waals surface area contributed by atoms with Gasteiger partial charge in [-0.2, -0.15) is 5.10 Å². The molecule has 0 aliphatic carbocycles. The van der Waals surface area contributed by atoms with E-state index in [9.17, 15) is 9.59 Å². The zero-order valence-corrected chi connectivity index (χ0v) is 14.4. The lowest BCUT2D eigenvalue weighted by Gasteiger charge is -2.01. The Morgan fingerprint density at radius 2 is 1.83 bits per heavy atom. The molecule has 1 N–H and O–H groups in total. The third-order valence-electron chi connectivity index (χ3n) is 2.92. The monoisotopic (exact) mass is 362 g/mol. The number of hydrogen-bond acceptors (Lipinski definition) is 5. The number of carbonyl (C=O) groups excluding carboxylic acids is 2. The van der Waals surface area contributed by atoms with Gasteiger partial charge in [0.15, 0.2) is 0 Å². The van der Waals surface area contributed by atoms with E-state index in [1.54, 1.807) is 36.4 Å². The summed E-state index contributed by atoms with van der Waals surface area (Å²) in [6, 6.07) is 13.9. The summed E-state index contributed by atoms with van der Waals surface area (Å²) in [5, 5.41) is 4.55. The van der Waals surface area contributed by atoms with Gasteiger partial charge in [0, 0.05) is 9.92 Å². The predicted octanol–water partition coefficient (Wildman–Crippen LogP) is 3.37. The molecular weight excluding hydrogens is 348 g/mol. The lowest BCUT2D eigenvalue weighted by molar-refractivity contribution is -0.118. The second kappa shape index (κ2) is 9.10. The van der Waals surface area contributed by atoms with Crippen LogP contribution in [0.5, 0.6) is 0 Å². The molecule has 0 heterocycles. The highest BCUT2D eigenvalue weighted by molar-refractivity contribution is 8.00. The number of nitrogens with one attached hydrogen (secondary N) is 1. The molecule has 1 amide bonds. The summed E-state index contributed by atoms with van der Waals surface area (Å²) in [6.45, 7) is 0. The van der Waals surface area contributed by atoms with Crippen molar-refractivity contribution >= 4 is 41.5 Å². The molecule has 24 heavy (non-hydrogen) atoms. The smallest absolute Gasteiger partial charge is 0.337 e. The first kappa shape index (κ1) is 18.0. The Hall–Kier alpha value is -2.31. The molecule has 2 rings (SSSR count). The SMILES string of the molecule is COC(=O)c1ccc(C=NNC(=O)CSc2ccc(Cl)cc2)cc1. The van der Waals surface area contributed by atoms with Crippen LogP contribution in [0.1, 0.15) is 15.9 Å². The van der Waals surface area contributed by atoms with Gasteiger partial charge in [-0.05, 0) is 42.0 Å². The summed E-state index contributed by atoms with van der Waals surface area (Å²) in [4.78, 5) is 24.0. The Labute approximate surface area is 149 Å². The average Bonchev–Trinajstić information content (AvgIpc) is 2.61. The molecule has 0 aliphatic heterocycles. The van der Waals surface area contributed by atoms with Gasteiger partial charge in [0.05, 0.1) is 24.6 Å². The molecule has 2 aromatic rings. The molecule has 0 atom stereocenters. The Morgan fingerprint density at radius 1 is 1.17 bits per heavy atom. The Balaban J connectivity index is 1.79. The molecule has 7 heteroatoms. The molecule has 2 aromatic carbocycles. The molecule has 124 valence electrons. The maximum atomic E-state index is 11.7. The number of methoxy groups -OCH3 is 1. The van der Waals surface area contributed by atoms with Crippen LogP contribution in [0.4, 0.5) is 0 Å². The van der Waals surface area contributed by atoms with Crippen molar-refractivity contribution in [2.75, 3.05) is 12.9 Å². The van der Waals surface area contributed by atoms with E-state index >= 15 is 0 Å². The Morgan fingerprint density at radius 3 is 2.46 bits per heavy atom. The number of ether oxygens (including phenoxy) is 1. The fraction of sp³-hybridized carbons (Fsp3) is 0.118. The van der Waals surface area contributed by atoms with Gasteiger partial charge in [-0.3, -0.25) is 4.79 Å². The second-order valence-corrected chi connectivity index (χ2v) is 6.13. The third kappa shape index (κ3) is 5.72. The zero-order valence-electron chi connectivity index (χ0n) is 12.9. The summed E-state index contributed by atoms with van der Waals surface area (Å²) in [6.07, 6.45) is 1.51. The number of thioether (sulfide) groups is 1. The van der Waals surface area contributed by atoms with Gasteiger partial charge in [-0.1, -0.05) is 23.7 Å². The van der Waals surface area contributed by atoms with Crippen molar-refractivity contribution in [3.63, 3.8) is 0 Å². The second-order valence-electron chi connectivity index (χ2n) is 4.65. The first-order valence-electron chi connectivity index (χ1n) is 6.97. The number of nitrogens with zero attached hydrogens (tertiary/aromatic N) is 1. The largest absolute Gasteiger partial charge is 0.465 e. The molecule has 0 saturated carbocycles. The minimum absolute atomic E-state index is 0.211. The van der Waals surface area contributed by atoms with Crippen molar-refractivity contribution in [2.24, 2.45) is 5.10 Å². The van der Waals surface area contributed by atoms with Crippen molar-refractivity contribution in [3.8, 4) is 0 Å². The minimum atomic E-state index is -0.397. The van der Waals surface area contributed by atoms with E-state index in [0.717, 1.165) is 10.5 Å². The highest BCUT2D eigenvalue weighted by atomic mass is 35.5. The van der Waals surface area contributed by atoms with Crippen LogP contribution in [-0.2, 0) is 9.53 Å². The van der Waals surface area contributed by atoms with E-state index in [-0.39, 0.29) is 11.7 Å². The molecule has 5 nitrogen and oxygen atoms in total. The van der Waals surface area contributed by atoms with Gasteiger partial charge in [0.2, 0.25) is 5.91 Å². The van der Waals surface area contributed by atoms with Gasteiger partial charge in [0.25, 0.3) is 0 Å². The lowest BCUT2D eigenvalue weighted by Crippen LogP contribution is -2.19. The highest BCUT2D eigenvalue weighted by Gasteiger charge is 2.04. The molecule has 0 aliphatic rings. The number of rotatable bonds is 6. The van der Waals surface area contributed by atoms with Crippen LogP contribution in [0.2, 0.25) is 5.02 Å². The quantitative estimate of drug-likeness (QED) is 0.370. The van der Waals surface area contributed by atoms with E-state index < -0.39 is 5.97 Å². The summed E-state index contributed by atoms with van der Waals surface area (Å²) >= 11 is 7.20. The van der Waals surface area contributed by atoms with Crippen LogP contribution in [0.25, 0.3) is 0 Å². The summed E-state index contributed by atoms with van der Waals surface area (Å²) in [5.41, 5.74) is 3.67. The van der Waals surface area contributed by atoms with Crippen LogP contribution < -0.4 is 5.43 Å². The third-order valence-corrected chi connectivity index (χ3v) is 4.18. The molecule has 0 bridgehead atoms. The zero-order chi connectivity index (χ0) is 17.4. The maximum absolute atomic E-state index is 11.7. The van der Waals surface area contributed by atoms with E-state index in [0.29, 0.717) is 10.6 Å². The summed E-state index contributed by atoms with van der Waals surface area (Å²) < 4.78 is 4.62. The van der Waals surface area contributed by atoms with Crippen LogP contribution in [0.3, 0.4) is 0 Å². The van der Waals surface area contributed by atoms with E-state index in [4.69, 9.17) is 11.6 Å². The number of amides is 1. The van der Waals surface area contributed by atoms with Gasteiger partial charge in [0.1, 0.15) is 0 Å². The van der Waals surface area contributed by atoms with Crippen molar-refractivity contribution in [2.45, 2.75) is 4.90 Å². The lowest BCUT2D eigenvalue weighted by atomic mass is 10.1. The van der Waals surface area contributed by atoms with E-state index in [2.05, 4.69) is 15.3 Å². The van der Waals surface area contributed by atoms with Gasteiger partial charge >= 0.3 is 5.97 Å². The van der Waals surface area contributed by atoms with Crippen LogP contribution in [-0.4, -0.2) is 31.0 Å². The van der Waals surface area contributed by atoms with Crippen molar-refractivity contribution < 1.29 is 14.3 Å². The number of hydrogen-bond donors (Lipinski definition) is 1. The fourth-order valence-corrected chi connectivity index (χ4v) is 2.53. The first-order valence-corrected chi connectivity index (χ1v) is 8.33. The van der Waals surface area contributed by atoms with Crippen LogP contribution in [0, 0.1) is 0 Å². The molecule has 0 fully saturated rings. The summed E-state index contributed by atoms with van der Waals surface area (Å²) in [7, 11) is 1.33. The molecule has 0 unspecified atom stereocenters. The average molecular weight is 363 g/mol. The fourth-order valence-electron chi connectivity index (χ4n) is 1.71. The van der Waals surface area contributed by atoms with Crippen molar-refractivity contribution in [1.82, 2.24) is 5.43 Å². The van der Waals surface area contributed by atoms with E-state index in [1.165, 1.54) is 25.1 Å². The maximum Gasteiger partial charge on any atom is 0.337 e. The molecule has 0 spiro atoms. The molecule has 0 saturated heterocycles. The number of esters is 1. The number of benzene rings is 2. The van der Waals surface area contributed by atoms with Crippen molar-refractivity contribution in [3.05, 3.63) is 64.7 Å². The molecular formula is C17H15ClN2O3S. The standard InChI is InChI=1S/C17H15ClN2O3S/c1-23-17(22)13-4-2-12(3-5-13)10-19-20-16(21)11-24-15-8-6-14(18)7-9-15/h2-10H,11H2,1H3,(H,20,21). The molecule has 0 radical (unpaired) electrons. The molecule has 0 aromatic heterocycles. The van der Waals surface area contributed by atoms with Crippen LogP contribution in [0.15, 0.2) is 58.5 Å². The van der Waals surface area contributed by atoms with E-state index in [1.807, 2.05) is 12.1 Å². The number of carbonyl (C=O) groups is 2. The summed E-state index contributed by atoms with van der Waals surface area (Å²) in [5.74, 6) is -0.358. The number of hydrazone groups is 1. The van der Waals surface area contributed by atoms with Gasteiger partial charge < -0.3 is 4.74 Å². The Bertz CT molecular complexity index is 731. The van der Waals surface area contributed by atoms with Gasteiger partial charge in [-0.25, -0.2) is 10.2 Å². The minimum Gasteiger partial charge on any atom is -0.465 e. The Kier molecular flexibility index (Phi) is 6.84.